The Morgan fingerprint density at radius 2 is 1.44 bits per heavy atom. The van der Waals surface area contributed by atoms with Gasteiger partial charge in [0.05, 0.1) is 27.4 Å². The average molecular weight is 812 g/mol. The molecule has 4 aliphatic carbocycles. The number of Topliss-reactive ketones (excluding diaryl/α,β-unsaturated/α-hetero) is 1. The summed E-state index contributed by atoms with van der Waals surface area (Å²) in [6.07, 6.45) is 22.3. The Kier molecular flexibility index (Phi) is 11.0. The molecule has 0 amide bonds. The molecule has 0 saturated carbocycles. The van der Waals surface area contributed by atoms with Crippen LogP contribution < -0.4 is 34.2 Å². The Labute approximate surface area is 355 Å². The third-order valence-corrected chi connectivity index (χ3v) is 11.6. The monoisotopic (exact) mass is 811 g/mol. The van der Waals surface area contributed by atoms with Gasteiger partial charge in [-0.2, -0.15) is 0 Å². The van der Waals surface area contributed by atoms with E-state index in [-0.39, 0.29) is 36.6 Å². The molecule has 0 saturated heterocycles. The van der Waals surface area contributed by atoms with E-state index >= 15 is 0 Å². The first-order chi connectivity index (χ1) is 29.8. The summed E-state index contributed by atoms with van der Waals surface area (Å²) < 4.78 is 35.0. The molecule has 0 bridgehead atoms. The fraction of sp³-hybridized carbons (Fsp3) is 0.212. The zero-order valence-corrected chi connectivity index (χ0v) is 34.1. The molecule has 2 N–H and O–H groups in total. The van der Waals surface area contributed by atoms with Crippen molar-refractivity contribution in [1.82, 2.24) is 0 Å². The van der Waals surface area contributed by atoms with Gasteiger partial charge in [0.1, 0.15) is 0 Å². The van der Waals surface area contributed by atoms with Gasteiger partial charge in [-0.05, 0) is 119 Å². The first-order valence-electron chi connectivity index (χ1n) is 20.5. The molecule has 9 nitrogen and oxygen atoms in total. The maximum Gasteiger partial charge on any atom is 0.231 e. The Morgan fingerprint density at radius 1 is 0.721 bits per heavy atom. The maximum absolute atomic E-state index is 13.8. The van der Waals surface area contributed by atoms with E-state index in [1.54, 1.807) is 32.4 Å². The Bertz CT molecular complexity index is 2690. The minimum atomic E-state index is -0.102. The van der Waals surface area contributed by atoms with Gasteiger partial charge in [-0.3, -0.25) is 9.59 Å². The van der Waals surface area contributed by atoms with Crippen LogP contribution in [0.5, 0.6) is 34.5 Å². The van der Waals surface area contributed by atoms with Crippen molar-refractivity contribution in [3.8, 4) is 34.5 Å². The smallest absolute Gasteiger partial charge is 0.231 e. The topological polar surface area (TPSA) is 116 Å². The zero-order chi connectivity index (χ0) is 41.9. The van der Waals surface area contributed by atoms with Gasteiger partial charge >= 0.3 is 0 Å². The lowest BCUT2D eigenvalue weighted by molar-refractivity contribution is 0.0989. The molecule has 4 aromatic carbocycles. The molecule has 9 heteroatoms. The van der Waals surface area contributed by atoms with Crippen molar-refractivity contribution in [3.05, 3.63) is 166 Å². The van der Waals surface area contributed by atoms with Crippen molar-refractivity contribution in [3.63, 3.8) is 0 Å². The van der Waals surface area contributed by atoms with E-state index in [9.17, 15) is 9.59 Å². The number of carbonyl (C=O) groups is 2. The predicted molar refractivity (Wildman–Crippen MR) is 237 cm³/mol. The molecule has 306 valence electrons. The summed E-state index contributed by atoms with van der Waals surface area (Å²) in [5.74, 6) is 3.49. The average Bonchev–Trinajstić information content (AvgIpc) is 3.93. The normalized spacial score (nSPS) is 19.9. The van der Waals surface area contributed by atoms with E-state index in [0.29, 0.717) is 59.3 Å². The SMILES string of the molecule is COc1cc2c(cc1OCCCOc1cc3c(cc1OC)C(=O)CC1=CC=C(c4ccc5c(c4)OCO5)C[C@H]1C=C=C3)C=C/C=C/[C@@H]1CC(c3ccc(N)cc3)=C/C1=C/C2=O. The number of anilines is 1. The lowest BCUT2D eigenvalue weighted by Crippen LogP contribution is -2.12. The van der Waals surface area contributed by atoms with E-state index < -0.39 is 0 Å². The highest BCUT2D eigenvalue weighted by atomic mass is 16.7. The lowest BCUT2D eigenvalue weighted by Gasteiger charge is -2.22. The molecule has 1 aliphatic heterocycles. The molecular formula is C52H45NO8. The number of carbonyl (C=O) groups excluding carboxylic acids is 2. The molecule has 0 aromatic heterocycles. The van der Waals surface area contributed by atoms with Gasteiger partial charge in [0.2, 0.25) is 6.79 Å². The van der Waals surface area contributed by atoms with Gasteiger partial charge in [0, 0.05) is 41.5 Å². The number of hydrogen-bond donors (Lipinski definition) is 1. The van der Waals surface area contributed by atoms with Crippen LogP contribution in [0.1, 0.15) is 68.7 Å². The van der Waals surface area contributed by atoms with E-state index in [1.807, 2.05) is 85.0 Å². The summed E-state index contributed by atoms with van der Waals surface area (Å²) in [6.45, 7) is 0.875. The highest BCUT2D eigenvalue weighted by Gasteiger charge is 2.26. The molecule has 1 heterocycles. The summed E-state index contributed by atoms with van der Waals surface area (Å²) in [4.78, 5) is 27.6. The maximum atomic E-state index is 13.8. The number of benzene rings is 4. The summed E-state index contributed by atoms with van der Waals surface area (Å²) >= 11 is 0. The summed E-state index contributed by atoms with van der Waals surface area (Å²) in [6, 6.07) is 21.0. The van der Waals surface area contributed by atoms with Crippen LogP contribution >= 0.6 is 0 Å². The lowest BCUT2D eigenvalue weighted by atomic mass is 9.82. The van der Waals surface area contributed by atoms with Gasteiger partial charge in [0.25, 0.3) is 0 Å². The Morgan fingerprint density at radius 3 is 2.23 bits per heavy atom. The molecule has 2 atom stereocenters. The third kappa shape index (κ3) is 8.34. The third-order valence-electron chi connectivity index (χ3n) is 11.6. The Hall–Kier alpha value is -7.22. The number of fused-ring (bicyclic) bond motifs is 5. The van der Waals surface area contributed by atoms with Crippen LogP contribution in [-0.2, 0) is 0 Å². The van der Waals surface area contributed by atoms with Gasteiger partial charge in [-0.1, -0.05) is 66.3 Å². The number of ketones is 2. The quantitative estimate of drug-likeness (QED) is 0.0949. The van der Waals surface area contributed by atoms with E-state index in [1.165, 1.54) is 5.57 Å². The highest BCUT2D eigenvalue weighted by Crippen LogP contribution is 2.42. The summed E-state index contributed by atoms with van der Waals surface area (Å²) in [5, 5.41) is 0. The van der Waals surface area contributed by atoms with Crippen molar-refractivity contribution in [2.24, 2.45) is 11.8 Å². The van der Waals surface area contributed by atoms with Crippen LogP contribution in [0.25, 0.3) is 23.3 Å². The molecule has 0 radical (unpaired) electrons. The molecule has 4 aromatic rings. The number of hydrogen-bond acceptors (Lipinski definition) is 9. The largest absolute Gasteiger partial charge is 0.493 e. The van der Waals surface area contributed by atoms with E-state index in [4.69, 9.17) is 34.2 Å². The molecule has 61 heavy (non-hydrogen) atoms. The van der Waals surface area contributed by atoms with Crippen LogP contribution in [0, 0.1) is 11.8 Å². The fourth-order valence-electron chi connectivity index (χ4n) is 8.33. The van der Waals surface area contributed by atoms with Gasteiger partial charge in [-0.25, -0.2) is 0 Å². The van der Waals surface area contributed by atoms with Crippen molar-refractivity contribution in [1.29, 1.82) is 0 Å². The summed E-state index contributed by atoms with van der Waals surface area (Å²) in [5.41, 5.74) is 19.0. The second-order valence-electron chi connectivity index (χ2n) is 15.5. The van der Waals surface area contributed by atoms with E-state index in [2.05, 4.69) is 30.0 Å². The van der Waals surface area contributed by atoms with Gasteiger partial charge in [-0.15, -0.1) is 5.73 Å². The van der Waals surface area contributed by atoms with Crippen molar-refractivity contribution >= 4 is 40.6 Å². The molecule has 5 aliphatic rings. The second-order valence-corrected chi connectivity index (χ2v) is 15.5. The summed E-state index contributed by atoms with van der Waals surface area (Å²) in [7, 11) is 3.13. The highest BCUT2D eigenvalue weighted by molar-refractivity contribution is 6.08. The minimum Gasteiger partial charge on any atom is -0.493 e. The molecule has 0 spiro atoms. The van der Waals surface area contributed by atoms with Crippen molar-refractivity contribution in [2.75, 3.05) is 40.0 Å². The van der Waals surface area contributed by atoms with Crippen molar-refractivity contribution < 1.29 is 38.0 Å². The number of rotatable bonds is 10. The molecule has 0 unspecified atom stereocenters. The second kappa shape index (κ2) is 17.2. The van der Waals surface area contributed by atoms with Gasteiger partial charge < -0.3 is 34.2 Å². The first-order valence-corrected chi connectivity index (χ1v) is 20.5. The zero-order valence-electron chi connectivity index (χ0n) is 34.1. The van der Waals surface area contributed by atoms with E-state index in [0.717, 1.165) is 63.4 Å². The number of allylic oxidation sites excluding steroid dienone is 12. The first kappa shape index (κ1) is 39.3. The van der Waals surface area contributed by atoms with Crippen LogP contribution in [0.2, 0.25) is 0 Å². The van der Waals surface area contributed by atoms with Crippen LogP contribution in [0.15, 0.2) is 132 Å². The van der Waals surface area contributed by atoms with Crippen LogP contribution in [0.3, 0.4) is 0 Å². The standard InChI is InChI=1S/C52H45NO8/c1-56-48-29-43-38(8-4-3-7-34-22-40(23-41(34)25-46(43)55)32-13-16-42(53)17-14-32)27-51(48)58-19-6-20-59-52-28-39-10-5-9-33-21-35(37-15-18-47-50(26-37)61-31-60-47)11-12-36(33)24-45(54)44(39)30-49(52)57-2/h3-4,7-18,23,25-30,33-34H,6,19-22,24,31,53H2,1-2H3/b7-3+,8-4?,41-25-/t5?,33-,34-/m1/s1. The van der Waals surface area contributed by atoms with Crippen molar-refractivity contribution in [2.45, 2.75) is 25.7 Å². The number of nitrogens with two attached hydrogens (primary N) is 1. The van der Waals surface area contributed by atoms with Crippen LogP contribution in [0.4, 0.5) is 5.69 Å². The Balaban J connectivity index is 0.862. The molecular weight excluding hydrogens is 767 g/mol. The fourth-order valence-corrected chi connectivity index (χ4v) is 8.33. The number of methoxy groups -OCH3 is 2. The minimum absolute atomic E-state index is 0.00145. The molecule has 9 rings (SSSR count). The number of ether oxygens (including phenoxy) is 6. The van der Waals surface area contributed by atoms with Gasteiger partial charge in [0.15, 0.2) is 46.1 Å². The predicted octanol–water partition coefficient (Wildman–Crippen LogP) is 10.4. The number of nitrogen functional groups attached to an aromatic ring is 1. The molecule has 0 fully saturated rings. The van der Waals surface area contributed by atoms with Crippen LogP contribution in [-0.4, -0.2) is 45.8 Å².